The maximum Gasteiger partial charge on any atom is 0.315 e. The molecule has 0 heterocycles. The summed E-state index contributed by atoms with van der Waals surface area (Å²) in [7, 11) is 1.55. The Kier molecular flexibility index (Phi) is 3.08. The van der Waals surface area contributed by atoms with Gasteiger partial charge in [-0.2, -0.15) is 0 Å². The second-order valence-corrected chi connectivity index (χ2v) is 2.50. The van der Waals surface area contributed by atoms with Gasteiger partial charge >= 0.3 is 6.03 Å². The van der Waals surface area contributed by atoms with E-state index in [0.29, 0.717) is 0 Å². The Bertz CT molecular complexity index is 141. The van der Waals surface area contributed by atoms with E-state index in [0.717, 1.165) is 0 Å². The fourth-order valence-corrected chi connectivity index (χ4v) is 0.540. The quantitative estimate of drug-likeness (QED) is 0.545. The lowest BCUT2D eigenvalue weighted by atomic mass is 10.3. The summed E-state index contributed by atoms with van der Waals surface area (Å²) in [5.41, 5.74) is 10.2. The van der Waals surface area contributed by atoms with E-state index in [4.69, 9.17) is 11.5 Å². The zero-order chi connectivity index (χ0) is 8.31. The van der Waals surface area contributed by atoms with E-state index in [1.54, 1.807) is 14.0 Å². The van der Waals surface area contributed by atoms with Gasteiger partial charge in [0.1, 0.15) is 0 Å². The number of amides is 2. The number of carbonyl (C=O) groups excluding carboxylic acids is 1. The number of urea groups is 1. The maximum absolute atomic E-state index is 10.5. The van der Waals surface area contributed by atoms with Crippen LogP contribution in [0.4, 0.5) is 4.79 Å². The molecule has 0 rings (SSSR count). The van der Waals surface area contributed by atoms with Gasteiger partial charge in [-0.25, -0.2) is 4.79 Å². The predicted molar refractivity (Wildman–Crippen MR) is 43.6 cm³/mol. The number of primary amides is 1. The minimum atomic E-state index is -0.527. The van der Waals surface area contributed by atoms with Crippen molar-refractivity contribution >= 4 is 23.2 Å². The molecule has 58 valence electrons. The first-order chi connectivity index (χ1) is 4.46. The van der Waals surface area contributed by atoms with E-state index >= 15 is 0 Å². The largest absolute Gasteiger partial charge is 0.392 e. The third-order valence-electron chi connectivity index (χ3n) is 1.34. The van der Waals surface area contributed by atoms with Gasteiger partial charge in [-0.1, -0.05) is 12.2 Å². The van der Waals surface area contributed by atoms with Crippen molar-refractivity contribution in [1.29, 1.82) is 0 Å². The Labute approximate surface area is 65.2 Å². The Balaban J connectivity index is 4.07. The van der Waals surface area contributed by atoms with Crippen LogP contribution in [0.5, 0.6) is 0 Å². The van der Waals surface area contributed by atoms with Crippen molar-refractivity contribution in [2.75, 3.05) is 7.05 Å². The molecule has 4 N–H and O–H groups in total. The first-order valence-corrected chi connectivity index (χ1v) is 3.19. The van der Waals surface area contributed by atoms with Crippen LogP contribution in [0.15, 0.2) is 0 Å². The van der Waals surface area contributed by atoms with Gasteiger partial charge in [-0.05, 0) is 6.92 Å². The van der Waals surface area contributed by atoms with Crippen molar-refractivity contribution in [1.82, 2.24) is 4.90 Å². The normalized spacial score (nSPS) is 12.2. The molecule has 0 spiro atoms. The predicted octanol–water partition coefficient (Wildman–Crippen LogP) is -0.329. The summed E-state index contributed by atoms with van der Waals surface area (Å²) in [6.45, 7) is 1.72. The van der Waals surface area contributed by atoms with Crippen LogP contribution >= 0.6 is 12.2 Å². The highest BCUT2D eigenvalue weighted by atomic mass is 32.1. The molecular weight excluding hydrogens is 150 g/mol. The first-order valence-electron chi connectivity index (χ1n) is 2.78. The van der Waals surface area contributed by atoms with E-state index in [1.165, 1.54) is 4.90 Å². The van der Waals surface area contributed by atoms with Gasteiger partial charge in [0.15, 0.2) is 0 Å². The number of thiocarbonyl (C=S) groups is 1. The van der Waals surface area contributed by atoms with Crippen LogP contribution in [0.2, 0.25) is 0 Å². The maximum atomic E-state index is 10.5. The molecular formula is C5H11N3OS. The number of hydrogen-bond donors (Lipinski definition) is 2. The minimum absolute atomic E-state index is 0.265. The number of likely N-dealkylation sites (N-methyl/N-ethyl adjacent to an activating group) is 1. The highest BCUT2D eigenvalue weighted by Gasteiger charge is 2.13. The van der Waals surface area contributed by atoms with Crippen molar-refractivity contribution in [3.63, 3.8) is 0 Å². The average molecular weight is 161 g/mol. The fourth-order valence-electron chi connectivity index (χ4n) is 0.382. The molecule has 0 saturated carbocycles. The van der Waals surface area contributed by atoms with E-state index in [-0.39, 0.29) is 11.0 Å². The second-order valence-electron chi connectivity index (χ2n) is 2.03. The highest BCUT2D eigenvalue weighted by molar-refractivity contribution is 7.80. The second kappa shape index (κ2) is 3.36. The molecule has 10 heavy (non-hydrogen) atoms. The van der Waals surface area contributed by atoms with Gasteiger partial charge in [0.05, 0.1) is 11.0 Å². The number of nitrogens with two attached hydrogens (primary N) is 2. The van der Waals surface area contributed by atoms with Gasteiger partial charge < -0.3 is 16.4 Å². The molecule has 0 saturated heterocycles. The molecule has 2 amide bonds. The number of carbonyl (C=O) groups is 1. The summed E-state index contributed by atoms with van der Waals surface area (Å²) in [6.07, 6.45) is 0. The third-order valence-corrected chi connectivity index (χ3v) is 1.68. The Morgan fingerprint density at radius 1 is 1.60 bits per heavy atom. The SMILES string of the molecule is CC(C(N)=S)N(C)C(N)=O. The van der Waals surface area contributed by atoms with Crippen LogP contribution in [0.3, 0.4) is 0 Å². The summed E-state index contributed by atoms with van der Waals surface area (Å²) >= 11 is 4.64. The standard InChI is InChI=1S/C5H11N3OS/c1-3(4(6)10)8(2)5(7)9/h3H,1-2H3,(H2,6,10)(H2,7,9). The zero-order valence-electron chi connectivity index (χ0n) is 6.00. The molecule has 0 aromatic heterocycles. The molecule has 0 aromatic rings. The molecule has 5 heteroatoms. The van der Waals surface area contributed by atoms with Gasteiger partial charge in [-0.15, -0.1) is 0 Å². The van der Waals surface area contributed by atoms with E-state index in [2.05, 4.69) is 12.2 Å². The highest BCUT2D eigenvalue weighted by Crippen LogP contribution is 1.93. The van der Waals surface area contributed by atoms with Gasteiger partial charge in [0.25, 0.3) is 0 Å². The summed E-state index contributed by atoms with van der Waals surface area (Å²) < 4.78 is 0. The van der Waals surface area contributed by atoms with Crippen LogP contribution in [0.1, 0.15) is 6.92 Å². The molecule has 0 aromatic carbocycles. The number of nitrogens with zero attached hydrogens (tertiary/aromatic N) is 1. The smallest absolute Gasteiger partial charge is 0.315 e. The molecule has 0 radical (unpaired) electrons. The van der Waals surface area contributed by atoms with Crippen molar-refractivity contribution in [2.45, 2.75) is 13.0 Å². The third kappa shape index (κ3) is 2.18. The molecule has 1 unspecified atom stereocenters. The molecule has 0 fully saturated rings. The Morgan fingerprint density at radius 3 is 2.10 bits per heavy atom. The first kappa shape index (κ1) is 9.16. The zero-order valence-corrected chi connectivity index (χ0v) is 6.81. The van der Waals surface area contributed by atoms with Crippen LogP contribution < -0.4 is 11.5 Å². The van der Waals surface area contributed by atoms with Crippen molar-refractivity contribution in [3.05, 3.63) is 0 Å². The summed E-state index contributed by atoms with van der Waals surface area (Å²) in [5.74, 6) is 0. The lowest BCUT2D eigenvalue weighted by Gasteiger charge is -2.21. The average Bonchev–Trinajstić information content (AvgIpc) is 1.84. The Morgan fingerprint density at radius 2 is 2.00 bits per heavy atom. The van der Waals surface area contributed by atoms with Crippen molar-refractivity contribution < 1.29 is 4.79 Å². The topological polar surface area (TPSA) is 72.3 Å². The molecule has 0 aliphatic heterocycles. The summed E-state index contributed by atoms with van der Waals surface area (Å²) in [6, 6.07) is -0.798. The lowest BCUT2D eigenvalue weighted by Crippen LogP contribution is -2.45. The summed E-state index contributed by atoms with van der Waals surface area (Å²) in [5, 5.41) is 0. The van der Waals surface area contributed by atoms with Crippen LogP contribution in [0, 0.1) is 0 Å². The lowest BCUT2D eigenvalue weighted by molar-refractivity contribution is 0.214. The number of hydrogen-bond acceptors (Lipinski definition) is 2. The van der Waals surface area contributed by atoms with Gasteiger partial charge in [0.2, 0.25) is 0 Å². The molecule has 0 bridgehead atoms. The van der Waals surface area contributed by atoms with Crippen molar-refractivity contribution in [3.8, 4) is 0 Å². The molecule has 0 aliphatic carbocycles. The van der Waals surface area contributed by atoms with E-state index < -0.39 is 6.03 Å². The molecule has 4 nitrogen and oxygen atoms in total. The van der Waals surface area contributed by atoms with E-state index in [9.17, 15) is 4.79 Å². The van der Waals surface area contributed by atoms with Crippen LogP contribution in [0.25, 0.3) is 0 Å². The summed E-state index contributed by atoms with van der Waals surface area (Å²) in [4.78, 5) is 12.0. The fraction of sp³-hybridized carbons (Fsp3) is 0.600. The van der Waals surface area contributed by atoms with Crippen LogP contribution in [-0.4, -0.2) is 29.0 Å². The molecule has 0 aliphatic rings. The minimum Gasteiger partial charge on any atom is -0.392 e. The van der Waals surface area contributed by atoms with E-state index in [1.807, 2.05) is 0 Å². The van der Waals surface area contributed by atoms with Gasteiger partial charge in [0, 0.05) is 7.05 Å². The van der Waals surface area contributed by atoms with Crippen LogP contribution in [-0.2, 0) is 0 Å². The molecule has 1 atom stereocenters. The Hall–Kier alpha value is -0.840. The monoisotopic (exact) mass is 161 g/mol. The van der Waals surface area contributed by atoms with Gasteiger partial charge in [-0.3, -0.25) is 0 Å². The number of rotatable bonds is 2. The van der Waals surface area contributed by atoms with Crippen molar-refractivity contribution in [2.24, 2.45) is 11.5 Å².